The Bertz CT molecular complexity index is 1100. The van der Waals surface area contributed by atoms with Gasteiger partial charge in [0, 0.05) is 70.3 Å². The summed E-state index contributed by atoms with van der Waals surface area (Å²) in [5, 5.41) is 9.27. The lowest BCUT2D eigenvalue weighted by atomic mass is 10.1. The third kappa shape index (κ3) is 5.30. The molecule has 0 unspecified atom stereocenters. The molecule has 10 nitrogen and oxygen atoms in total. The number of nitrogen functional groups attached to an aromatic ring is 1. The van der Waals surface area contributed by atoms with E-state index < -0.39 is 0 Å². The van der Waals surface area contributed by atoms with E-state index in [1.165, 1.54) is 0 Å². The maximum Gasteiger partial charge on any atom is 0.222 e. The average molecular weight is 445 g/mol. The monoisotopic (exact) mass is 444 g/mol. The first-order valence-electron chi connectivity index (χ1n) is 11.0. The van der Waals surface area contributed by atoms with Crippen LogP contribution in [0.25, 0.3) is 0 Å². The van der Waals surface area contributed by atoms with Crippen LogP contribution in [0.15, 0.2) is 29.5 Å². The summed E-state index contributed by atoms with van der Waals surface area (Å²) in [4.78, 5) is 26.0. The minimum Gasteiger partial charge on any atom is -0.368 e. The Morgan fingerprint density at radius 3 is 2.36 bits per heavy atom. The summed E-state index contributed by atoms with van der Waals surface area (Å²) in [6, 6.07) is 3.78. The van der Waals surface area contributed by atoms with E-state index in [0.717, 1.165) is 81.0 Å². The van der Waals surface area contributed by atoms with Gasteiger partial charge in [0.05, 0.1) is 11.3 Å². The number of guanidine groups is 1. The number of hydrogen-bond donors (Lipinski definition) is 1. The quantitative estimate of drug-likeness (QED) is 0.288. The van der Waals surface area contributed by atoms with Crippen molar-refractivity contribution < 1.29 is 0 Å². The number of likely N-dealkylation sites (N-methyl/N-ethyl adjacent to an activating group) is 1. The molecule has 0 bridgehead atoms. The molecule has 33 heavy (non-hydrogen) atoms. The van der Waals surface area contributed by atoms with Crippen molar-refractivity contribution in [1.29, 1.82) is 5.26 Å². The van der Waals surface area contributed by atoms with Gasteiger partial charge in [-0.3, -0.25) is 4.98 Å². The van der Waals surface area contributed by atoms with E-state index >= 15 is 0 Å². The molecule has 2 aliphatic heterocycles. The highest BCUT2D eigenvalue weighted by Crippen LogP contribution is 2.23. The predicted octanol–water partition coefficient (Wildman–Crippen LogP) is 0.369. The standard InChI is InChI=1S/C23H28N10/c1-18-20(6-5-19-4-3-7-26-16-19)21(29-22(25)28-18)31-12-14-33(15-13-31)23(27-17-24)32-10-8-30(2)9-11-32/h3-4,7,16H,8-15H2,1-2H3,(H2,25,28,29). The predicted molar refractivity (Wildman–Crippen MR) is 127 cm³/mol. The van der Waals surface area contributed by atoms with Crippen LogP contribution in [0, 0.1) is 30.2 Å². The molecular weight excluding hydrogens is 416 g/mol. The zero-order chi connectivity index (χ0) is 23.2. The second kappa shape index (κ2) is 10.2. The summed E-state index contributed by atoms with van der Waals surface area (Å²) in [6.07, 6.45) is 5.44. The van der Waals surface area contributed by atoms with Crippen LogP contribution in [-0.4, -0.2) is 95.0 Å². The summed E-state index contributed by atoms with van der Waals surface area (Å²) in [7, 11) is 2.11. The lowest BCUT2D eigenvalue weighted by molar-refractivity contribution is 0.194. The molecular formula is C23H28N10. The van der Waals surface area contributed by atoms with Gasteiger partial charge in [-0.25, -0.2) is 4.98 Å². The number of aromatic nitrogens is 3. The molecule has 0 saturated carbocycles. The van der Waals surface area contributed by atoms with Gasteiger partial charge in [-0.1, -0.05) is 11.8 Å². The Morgan fingerprint density at radius 1 is 1.03 bits per heavy atom. The Labute approximate surface area is 194 Å². The minimum absolute atomic E-state index is 0.237. The van der Waals surface area contributed by atoms with Gasteiger partial charge in [0.15, 0.2) is 0 Å². The fraction of sp³-hybridized carbons (Fsp3) is 0.435. The number of piperazine rings is 2. The van der Waals surface area contributed by atoms with Crippen molar-refractivity contribution in [2.75, 3.05) is 70.0 Å². The van der Waals surface area contributed by atoms with Crippen molar-refractivity contribution >= 4 is 17.7 Å². The van der Waals surface area contributed by atoms with Gasteiger partial charge in [-0.2, -0.15) is 10.2 Å². The highest BCUT2D eigenvalue weighted by Gasteiger charge is 2.27. The highest BCUT2D eigenvalue weighted by molar-refractivity contribution is 5.81. The van der Waals surface area contributed by atoms with Crippen LogP contribution in [0.2, 0.25) is 0 Å². The number of hydrogen-bond acceptors (Lipinski definition) is 8. The number of nitrogens with zero attached hydrogens (tertiary/aromatic N) is 9. The van der Waals surface area contributed by atoms with E-state index in [0.29, 0.717) is 0 Å². The zero-order valence-electron chi connectivity index (χ0n) is 19.1. The molecule has 4 heterocycles. The summed E-state index contributed by atoms with van der Waals surface area (Å²) in [6.45, 7) is 8.45. The van der Waals surface area contributed by atoms with Crippen LogP contribution in [0.4, 0.5) is 11.8 Å². The van der Waals surface area contributed by atoms with E-state index in [-0.39, 0.29) is 5.95 Å². The first-order chi connectivity index (χ1) is 16.0. The Balaban J connectivity index is 1.52. The first-order valence-corrected chi connectivity index (χ1v) is 11.0. The largest absolute Gasteiger partial charge is 0.368 e. The molecule has 0 spiro atoms. The van der Waals surface area contributed by atoms with Gasteiger partial charge in [0.2, 0.25) is 18.1 Å². The van der Waals surface area contributed by atoms with E-state index in [9.17, 15) is 5.26 Å². The van der Waals surface area contributed by atoms with E-state index in [2.05, 4.69) is 58.4 Å². The van der Waals surface area contributed by atoms with Crippen LogP contribution in [0.5, 0.6) is 0 Å². The van der Waals surface area contributed by atoms with E-state index in [1.807, 2.05) is 25.2 Å². The summed E-state index contributed by atoms with van der Waals surface area (Å²) in [5.74, 6) is 8.13. The molecule has 4 rings (SSSR count). The van der Waals surface area contributed by atoms with Crippen LogP contribution in [-0.2, 0) is 0 Å². The molecule has 2 fully saturated rings. The van der Waals surface area contributed by atoms with Crippen LogP contribution < -0.4 is 10.6 Å². The summed E-state index contributed by atoms with van der Waals surface area (Å²) >= 11 is 0. The summed E-state index contributed by atoms with van der Waals surface area (Å²) in [5.41, 5.74) is 8.33. The lowest BCUT2D eigenvalue weighted by Gasteiger charge is -2.42. The maximum absolute atomic E-state index is 9.27. The molecule has 10 heteroatoms. The topological polar surface area (TPSA) is 114 Å². The zero-order valence-corrected chi connectivity index (χ0v) is 19.1. The molecule has 2 aliphatic rings. The Kier molecular flexibility index (Phi) is 6.86. The number of pyridine rings is 1. The first kappa shape index (κ1) is 22.3. The number of anilines is 2. The van der Waals surface area contributed by atoms with Crippen LogP contribution in [0.1, 0.15) is 16.8 Å². The smallest absolute Gasteiger partial charge is 0.222 e. The molecule has 0 aliphatic carbocycles. The average Bonchev–Trinajstić information content (AvgIpc) is 2.83. The van der Waals surface area contributed by atoms with Crippen molar-refractivity contribution in [3.63, 3.8) is 0 Å². The molecule has 0 aromatic carbocycles. The van der Waals surface area contributed by atoms with Crippen molar-refractivity contribution in [3.8, 4) is 18.0 Å². The number of aryl methyl sites for hydroxylation is 1. The maximum atomic E-state index is 9.27. The highest BCUT2D eigenvalue weighted by atomic mass is 15.4. The molecule has 0 atom stereocenters. The van der Waals surface area contributed by atoms with Crippen molar-refractivity contribution in [2.45, 2.75) is 6.92 Å². The summed E-state index contributed by atoms with van der Waals surface area (Å²) < 4.78 is 0. The lowest BCUT2D eigenvalue weighted by Crippen LogP contribution is -2.57. The van der Waals surface area contributed by atoms with Gasteiger partial charge in [0.1, 0.15) is 5.82 Å². The molecule has 0 radical (unpaired) electrons. The molecule has 2 N–H and O–H groups in total. The molecule has 170 valence electrons. The van der Waals surface area contributed by atoms with Crippen molar-refractivity contribution in [1.82, 2.24) is 29.7 Å². The number of rotatable bonds is 1. The normalized spacial score (nSPS) is 17.4. The molecule has 2 aromatic rings. The van der Waals surface area contributed by atoms with E-state index in [1.54, 1.807) is 12.4 Å². The second-order valence-electron chi connectivity index (χ2n) is 8.13. The molecule has 2 aromatic heterocycles. The van der Waals surface area contributed by atoms with Crippen molar-refractivity contribution in [2.24, 2.45) is 4.99 Å². The SMILES string of the molecule is Cc1nc(N)nc(N2CCN(C(=NC#N)N3CCN(C)CC3)CC2)c1C#Cc1cccnc1. The second-order valence-corrected chi connectivity index (χ2v) is 8.13. The fourth-order valence-corrected chi connectivity index (χ4v) is 4.04. The van der Waals surface area contributed by atoms with Crippen LogP contribution in [0.3, 0.4) is 0 Å². The van der Waals surface area contributed by atoms with Gasteiger partial charge in [-0.05, 0) is 26.1 Å². The number of nitriles is 1. The number of nitrogens with two attached hydrogens (primary N) is 1. The van der Waals surface area contributed by atoms with Gasteiger partial charge >= 0.3 is 0 Å². The van der Waals surface area contributed by atoms with Crippen molar-refractivity contribution in [3.05, 3.63) is 41.3 Å². The Hall–Kier alpha value is -3.89. The third-order valence-electron chi connectivity index (χ3n) is 5.88. The fourth-order valence-electron chi connectivity index (χ4n) is 4.04. The van der Waals surface area contributed by atoms with Gasteiger partial charge < -0.3 is 25.3 Å². The third-order valence-corrected chi connectivity index (χ3v) is 5.88. The minimum atomic E-state index is 0.237. The number of aliphatic imine (C=N–C) groups is 1. The van der Waals surface area contributed by atoms with E-state index in [4.69, 9.17) is 5.73 Å². The Morgan fingerprint density at radius 2 is 1.73 bits per heavy atom. The molecule has 0 amide bonds. The van der Waals surface area contributed by atoms with Gasteiger partial charge in [-0.15, -0.1) is 4.99 Å². The molecule has 2 saturated heterocycles. The van der Waals surface area contributed by atoms with Crippen LogP contribution >= 0.6 is 0 Å². The van der Waals surface area contributed by atoms with Gasteiger partial charge in [0.25, 0.3) is 0 Å².